The van der Waals surface area contributed by atoms with Crippen molar-refractivity contribution in [2.45, 2.75) is 6.92 Å². The van der Waals surface area contributed by atoms with Crippen LogP contribution < -0.4 is 14.2 Å². The summed E-state index contributed by atoms with van der Waals surface area (Å²) < 4.78 is 17.2. The third-order valence-electron chi connectivity index (χ3n) is 3.49. The van der Waals surface area contributed by atoms with Crippen molar-refractivity contribution in [2.75, 3.05) is 13.7 Å². The smallest absolute Gasteiger partial charge is 0.231 e. The van der Waals surface area contributed by atoms with Crippen molar-refractivity contribution in [1.29, 1.82) is 0 Å². The predicted molar refractivity (Wildman–Crippen MR) is 92.9 cm³/mol. The number of ether oxygens (including phenoxy) is 3. The van der Waals surface area contributed by atoms with Gasteiger partial charge in [-0.25, -0.2) is 0 Å². The Hall–Kier alpha value is -2.47. The van der Waals surface area contributed by atoms with Gasteiger partial charge in [0.1, 0.15) is 11.5 Å². The van der Waals surface area contributed by atoms with Gasteiger partial charge in [0.05, 0.1) is 23.8 Å². The number of rotatable bonds is 4. The third-order valence-corrected chi connectivity index (χ3v) is 4.08. The van der Waals surface area contributed by atoms with Gasteiger partial charge in [-0.3, -0.25) is 4.79 Å². The molecular formula is C18H15BrO5. The molecule has 0 saturated carbocycles. The van der Waals surface area contributed by atoms with Gasteiger partial charge in [0, 0.05) is 6.07 Å². The van der Waals surface area contributed by atoms with Gasteiger partial charge in [-0.1, -0.05) is 0 Å². The lowest BCUT2D eigenvalue weighted by Crippen LogP contribution is -1.99. The molecule has 1 aliphatic rings. The van der Waals surface area contributed by atoms with Crippen molar-refractivity contribution in [3.05, 3.63) is 51.7 Å². The van der Waals surface area contributed by atoms with E-state index < -0.39 is 0 Å². The number of allylic oxidation sites excluding steroid dienone is 1. The number of carbonyl (C=O) groups excluding carboxylic acids is 1. The summed E-state index contributed by atoms with van der Waals surface area (Å²) in [6, 6.07) is 8.00. The van der Waals surface area contributed by atoms with Gasteiger partial charge in [-0.2, -0.15) is 0 Å². The molecule has 1 aliphatic heterocycles. The van der Waals surface area contributed by atoms with E-state index in [1.165, 1.54) is 12.1 Å². The SMILES string of the molecule is CCOc1c(Br)cc(/C=C2/Oc3cc(O)ccc3C2=O)cc1OC. The van der Waals surface area contributed by atoms with Crippen molar-refractivity contribution in [1.82, 2.24) is 0 Å². The van der Waals surface area contributed by atoms with Crippen LogP contribution in [0.15, 0.2) is 40.6 Å². The number of fused-ring (bicyclic) bond motifs is 1. The molecule has 0 unspecified atom stereocenters. The number of methoxy groups -OCH3 is 1. The second kappa shape index (κ2) is 6.57. The highest BCUT2D eigenvalue weighted by Gasteiger charge is 2.27. The molecule has 3 rings (SSSR count). The number of hydrogen-bond acceptors (Lipinski definition) is 5. The molecule has 2 aromatic rings. The molecule has 0 radical (unpaired) electrons. The Morgan fingerprint density at radius 1 is 1.29 bits per heavy atom. The lowest BCUT2D eigenvalue weighted by Gasteiger charge is -2.12. The number of hydrogen-bond donors (Lipinski definition) is 1. The summed E-state index contributed by atoms with van der Waals surface area (Å²) in [6.45, 7) is 2.40. The van der Waals surface area contributed by atoms with Crippen LogP contribution in [-0.4, -0.2) is 24.6 Å². The normalized spacial score (nSPS) is 14.5. The summed E-state index contributed by atoms with van der Waals surface area (Å²) in [5.41, 5.74) is 1.15. The fourth-order valence-electron chi connectivity index (χ4n) is 2.43. The molecule has 6 heteroatoms. The first-order chi connectivity index (χ1) is 11.5. The number of phenols is 1. The van der Waals surface area contributed by atoms with E-state index in [4.69, 9.17) is 14.2 Å². The molecule has 1 heterocycles. The second-order valence-electron chi connectivity index (χ2n) is 5.09. The van der Waals surface area contributed by atoms with Gasteiger partial charge >= 0.3 is 0 Å². The number of benzene rings is 2. The molecule has 5 nitrogen and oxygen atoms in total. The zero-order chi connectivity index (χ0) is 17.3. The lowest BCUT2D eigenvalue weighted by atomic mass is 10.1. The van der Waals surface area contributed by atoms with Crippen molar-refractivity contribution in [3.8, 4) is 23.0 Å². The minimum absolute atomic E-state index is 0.0493. The summed E-state index contributed by atoms with van der Waals surface area (Å²) in [5, 5.41) is 9.50. The lowest BCUT2D eigenvalue weighted by molar-refractivity contribution is 0.101. The second-order valence-corrected chi connectivity index (χ2v) is 5.94. The van der Waals surface area contributed by atoms with E-state index in [0.717, 1.165) is 10.0 Å². The highest BCUT2D eigenvalue weighted by molar-refractivity contribution is 9.10. The number of Topliss-reactive ketones (excluding diaryl/α,β-unsaturated/α-hetero) is 1. The molecular weight excluding hydrogens is 376 g/mol. The van der Waals surface area contributed by atoms with E-state index in [1.807, 2.05) is 13.0 Å². The fraction of sp³-hybridized carbons (Fsp3) is 0.167. The van der Waals surface area contributed by atoms with Gasteiger partial charge in [-0.05, 0) is 58.8 Å². The highest BCUT2D eigenvalue weighted by Crippen LogP contribution is 2.39. The van der Waals surface area contributed by atoms with Gasteiger partial charge < -0.3 is 19.3 Å². The average Bonchev–Trinajstić information content (AvgIpc) is 2.85. The number of halogens is 1. The monoisotopic (exact) mass is 390 g/mol. The third kappa shape index (κ3) is 2.97. The summed E-state index contributed by atoms with van der Waals surface area (Å²) in [5.74, 6) is 1.52. The maximum Gasteiger partial charge on any atom is 0.231 e. The average molecular weight is 391 g/mol. The van der Waals surface area contributed by atoms with Crippen LogP contribution in [0.4, 0.5) is 0 Å². The topological polar surface area (TPSA) is 65.0 Å². The molecule has 24 heavy (non-hydrogen) atoms. The van der Waals surface area contributed by atoms with Crippen LogP contribution in [0.5, 0.6) is 23.0 Å². The fourth-order valence-corrected chi connectivity index (χ4v) is 3.01. The standard InChI is InChI=1S/C18H15BrO5/c1-3-23-18-13(19)6-10(8-16(18)22-2)7-15-17(21)12-5-4-11(20)9-14(12)24-15/h4-9,20H,3H2,1-2H3/b15-7+. The first kappa shape index (κ1) is 16.4. The Morgan fingerprint density at radius 2 is 2.08 bits per heavy atom. The molecule has 0 bridgehead atoms. The van der Waals surface area contributed by atoms with E-state index in [9.17, 15) is 9.90 Å². The first-order valence-corrected chi connectivity index (χ1v) is 8.10. The van der Waals surface area contributed by atoms with Crippen LogP contribution >= 0.6 is 15.9 Å². The zero-order valence-corrected chi connectivity index (χ0v) is 14.7. The quantitative estimate of drug-likeness (QED) is 0.793. The summed E-state index contributed by atoms with van der Waals surface area (Å²) >= 11 is 3.45. The van der Waals surface area contributed by atoms with Crippen molar-refractivity contribution in [3.63, 3.8) is 0 Å². The Labute approximate surface area is 147 Å². The molecule has 0 amide bonds. The van der Waals surface area contributed by atoms with Gasteiger partial charge in [-0.15, -0.1) is 0 Å². The van der Waals surface area contributed by atoms with Crippen molar-refractivity contribution in [2.24, 2.45) is 0 Å². The molecule has 124 valence electrons. The van der Waals surface area contributed by atoms with E-state index in [-0.39, 0.29) is 17.3 Å². The molecule has 0 saturated heterocycles. The number of ketones is 1. The minimum atomic E-state index is -0.228. The Balaban J connectivity index is 1.98. The van der Waals surface area contributed by atoms with Gasteiger partial charge in [0.2, 0.25) is 5.78 Å². The van der Waals surface area contributed by atoms with Crippen LogP contribution in [0, 0.1) is 0 Å². The maximum absolute atomic E-state index is 12.4. The number of phenolic OH excluding ortho intramolecular Hbond substituents is 1. The van der Waals surface area contributed by atoms with E-state index in [2.05, 4.69) is 15.9 Å². The molecule has 0 fully saturated rings. The number of aromatic hydroxyl groups is 1. The highest BCUT2D eigenvalue weighted by atomic mass is 79.9. The first-order valence-electron chi connectivity index (χ1n) is 7.31. The minimum Gasteiger partial charge on any atom is -0.508 e. The van der Waals surface area contributed by atoms with Crippen LogP contribution in [-0.2, 0) is 0 Å². The van der Waals surface area contributed by atoms with Gasteiger partial charge in [0.15, 0.2) is 17.3 Å². The molecule has 0 spiro atoms. The van der Waals surface area contributed by atoms with E-state index >= 15 is 0 Å². The van der Waals surface area contributed by atoms with Crippen molar-refractivity contribution < 1.29 is 24.1 Å². The van der Waals surface area contributed by atoms with E-state index in [0.29, 0.717) is 29.4 Å². The molecule has 0 aromatic heterocycles. The Morgan fingerprint density at radius 3 is 2.79 bits per heavy atom. The van der Waals surface area contributed by atoms with Crippen LogP contribution in [0.25, 0.3) is 6.08 Å². The Bertz CT molecular complexity index is 842. The van der Waals surface area contributed by atoms with Crippen LogP contribution in [0.3, 0.4) is 0 Å². The summed E-state index contributed by atoms with van der Waals surface area (Å²) in [7, 11) is 1.55. The zero-order valence-electron chi connectivity index (χ0n) is 13.1. The molecule has 0 aliphatic carbocycles. The van der Waals surface area contributed by atoms with E-state index in [1.54, 1.807) is 25.3 Å². The van der Waals surface area contributed by atoms with Crippen molar-refractivity contribution >= 4 is 27.8 Å². The molecule has 1 N–H and O–H groups in total. The number of carbonyl (C=O) groups is 1. The molecule has 2 aromatic carbocycles. The van der Waals surface area contributed by atoms with Crippen LogP contribution in [0.1, 0.15) is 22.8 Å². The Kier molecular flexibility index (Phi) is 4.49. The van der Waals surface area contributed by atoms with Gasteiger partial charge in [0.25, 0.3) is 0 Å². The maximum atomic E-state index is 12.4. The molecule has 0 atom stereocenters. The van der Waals surface area contributed by atoms with Crippen LogP contribution in [0.2, 0.25) is 0 Å². The predicted octanol–water partition coefficient (Wildman–Crippen LogP) is 4.18. The largest absolute Gasteiger partial charge is 0.508 e. The summed E-state index contributed by atoms with van der Waals surface area (Å²) in [6.07, 6.45) is 1.63. The summed E-state index contributed by atoms with van der Waals surface area (Å²) in [4.78, 5) is 12.4.